The zero-order valence-electron chi connectivity index (χ0n) is 38.7. The van der Waals surface area contributed by atoms with Gasteiger partial charge in [0.25, 0.3) is 21.9 Å². The van der Waals surface area contributed by atoms with Crippen LogP contribution in [0.1, 0.15) is 31.8 Å². The van der Waals surface area contributed by atoms with Gasteiger partial charge in [0.2, 0.25) is 0 Å². The first-order chi connectivity index (χ1) is 34.2. The summed E-state index contributed by atoms with van der Waals surface area (Å²) >= 11 is 12.3. The van der Waals surface area contributed by atoms with Gasteiger partial charge in [-0.2, -0.15) is 13.5 Å². The summed E-state index contributed by atoms with van der Waals surface area (Å²) in [5.41, 5.74) is 1.22. The zero-order chi connectivity index (χ0) is 52.1. The van der Waals surface area contributed by atoms with Crippen molar-refractivity contribution in [3.8, 4) is 23.0 Å². The molecule has 0 unspecified atom stereocenters. The number of aromatic hydroxyl groups is 1. The molecule has 0 fully saturated rings. The van der Waals surface area contributed by atoms with Crippen molar-refractivity contribution in [1.82, 2.24) is 0 Å². The van der Waals surface area contributed by atoms with E-state index in [0.29, 0.717) is 44.4 Å². The molecule has 0 heterocycles. The number of nitrogens with zero attached hydrogens (tertiary/aromatic N) is 4. The number of ether oxygens (including phenoxy) is 2. The molecule has 0 aliphatic carbocycles. The maximum absolute atomic E-state index is 13.3. The van der Waals surface area contributed by atoms with Gasteiger partial charge in [0.05, 0.1) is 45.3 Å². The standard InChI is InChI=1S/2C25H20ClN3O6S.Ba/c2*1-14-11-21(20(26)13-22(14)36(32,33)34)28-29-23-18-6-4-3-5-15(18)12-19(24(23)30)25(31)27-16-7-9-17(35-2)10-8-16;/h2*3-13,30H,1-2H3,(H,27,31)(H,32,33,34);/q;;+2/p-2. The predicted molar refractivity (Wildman–Crippen MR) is 275 cm³/mol. The Hall–Kier alpha value is -6.41. The van der Waals surface area contributed by atoms with Gasteiger partial charge in [-0.3, -0.25) is 14.1 Å². The van der Waals surface area contributed by atoms with Gasteiger partial charge in [-0.15, -0.1) is 15.3 Å². The van der Waals surface area contributed by atoms with Crippen LogP contribution in [0, 0.1) is 13.8 Å². The Bertz CT molecular complexity index is 3490. The maximum Gasteiger partial charge on any atom is 2.00 e. The van der Waals surface area contributed by atoms with E-state index in [4.69, 9.17) is 32.7 Å². The second-order valence-electron chi connectivity index (χ2n) is 15.5. The summed E-state index contributed by atoms with van der Waals surface area (Å²) in [6.07, 6.45) is 0. The van der Waals surface area contributed by atoms with E-state index in [1.54, 1.807) is 103 Å². The van der Waals surface area contributed by atoms with Crippen LogP contribution in [-0.4, -0.2) is 106 Å². The molecule has 8 aromatic carbocycles. The van der Waals surface area contributed by atoms with E-state index >= 15 is 0 Å². The van der Waals surface area contributed by atoms with Crippen LogP contribution in [0.3, 0.4) is 0 Å². The smallest absolute Gasteiger partial charge is 0.870 e. The summed E-state index contributed by atoms with van der Waals surface area (Å²) in [6.45, 7) is 2.88. The number of carbonyl (C=O) groups excluding carboxylic acids is 2. The van der Waals surface area contributed by atoms with Crippen molar-refractivity contribution in [1.29, 1.82) is 0 Å². The number of nitrogens with one attached hydrogen (secondary N) is 2. The molecule has 0 bridgehead atoms. The number of carbonyl (C=O) groups is 2. The van der Waals surface area contributed by atoms with E-state index in [1.807, 2.05) is 0 Å². The number of methoxy groups -OCH3 is 2. The van der Waals surface area contributed by atoms with Crippen LogP contribution in [0.4, 0.5) is 34.1 Å². The number of phenols is 1. The largest absolute Gasteiger partial charge is 2.00 e. The fourth-order valence-corrected chi connectivity index (χ4v) is 9.10. The van der Waals surface area contributed by atoms with E-state index in [-0.39, 0.29) is 109 Å². The number of aryl methyl sites for hydroxylation is 2. The maximum atomic E-state index is 13.3. The van der Waals surface area contributed by atoms with Crippen LogP contribution in [0.5, 0.6) is 23.0 Å². The Balaban J connectivity index is 0.000000235. The molecule has 0 radical (unpaired) electrons. The van der Waals surface area contributed by atoms with Gasteiger partial charge in [-0.05, 0) is 121 Å². The van der Waals surface area contributed by atoms with Crippen LogP contribution in [-0.2, 0) is 20.2 Å². The summed E-state index contributed by atoms with van der Waals surface area (Å²) in [5.74, 6) is -1.01. The van der Waals surface area contributed by atoms with Crippen molar-refractivity contribution >= 4 is 160 Å². The third-order valence-corrected chi connectivity index (χ3v) is 13.3. The van der Waals surface area contributed by atoms with Gasteiger partial charge >= 0.3 is 48.9 Å². The fraction of sp³-hybridized carbons (Fsp3) is 0.0800. The average Bonchev–Trinajstić information content (AvgIpc) is 3.34. The Morgan fingerprint density at radius 1 is 0.589 bits per heavy atom. The minimum absolute atomic E-state index is 0. The van der Waals surface area contributed by atoms with Crippen LogP contribution in [0.2, 0.25) is 10.0 Å². The normalized spacial score (nSPS) is 11.5. The molecule has 0 aromatic heterocycles. The number of anilines is 2. The number of azo groups is 2. The van der Waals surface area contributed by atoms with Crippen molar-refractivity contribution < 1.29 is 55.2 Å². The van der Waals surface area contributed by atoms with Crippen molar-refractivity contribution in [2.75, 3.05) is 24.9 Å². The topological polar surface area (TPSA) is 281 Å². The number of benzene rings is 8. The van der Waals surface area contributed by atoms with Gasteiger partial charge in [-0.25, -0.2) is 8.42 Å². The minimum Gasteiger partial charge on any atom is -0.870 e. The molecule has 73 heavy (non-hydrogen) atoms. The number of amides is 2. The summed E-state index contributed by atoms with van der Waals surface area (Å²) < 4.78 is 76.8. The Morgan fingerprint density at radius 3 is 1.47 bits per heavy atom. The summed E-state index contributed by atoms with van der Waals surface area (Å²) in [7, 11) is -6.14. The average molecular weight is 1190 g/mol. The van der Waals surface area contributed by atoms with Gasteiger partial charge < -0.3 is 34.9 Å². The Morgan fingerprint density at radius 2 is 1.00 bits per heavy atom. The van der Waals surface area contributed by atoms with Crippen molar-refractivity contribution in [2.45, 2.75) is 23.6 Å². The fourth-order valence-electron chi connectivity index (χ4n) is 7.12. The molecule has 8 rings (SSSR count). The Labute approximate surface area is 468 Å². The number of halogens is 2. The molecule has 4 N–H and O–H groups in total. The number of hydrogen-bond donors (Lipinski definition) is 4. The quantitative estimate of drug-likeness (QED) is 0.0505. The van der Waals surface area contributed by atoms with E-state index < -0.39 is 48.4 Å². The zero-order valence-corrected chi connectivity index (χ0v) is 46.3. The first-order valence-corrected chi connectivity index (χ1v) is 24.5. The van der Waals surface area contributed by atoms with Crippen molar-refractivity contribution in [3.05, 3.63) is 166 Å². The predicted octanol–water partition coefficient (Wildman–Crippen LogP) is 11.5. The van der Waals surface area contributed by atoms with Gasteiger partial charge in [0.1, 0.15) is 38.7 Å². The molecular formula is C50H38BaCl2N6O12S2. The number of rotatable bonds is 12. The monoisotopic (exact) mass is 1190 g/mol. The molecule has 0 aliphatic rings. The van der Waals surface area contributed by atoms with Gasteiger partial charge in [-0.1, -0.05) is 77.5 Å². The van der Waals surface area contributed by atoms with Crippen molar-refractivity contribution in [3.63, 3.8) is 0 Å². The number of fused-ring (bicyclic) bond motifs is 2. The first-order valence-electron chi connectivity index (χ1n) is 20.9. The van der Waals surface area contributed by atoms with E-state index in [9.17, 15) is 45.7 Å². The van der Waals surface area contributed by atoms with Crippen LogP contribution in [0.25, 0.3) is 21.5 Å². The third-order valence-electron chi connectivity index (χ3n) is 10.7. The van der Waals surface area contributed by atoms with Crippen LogP contribution >= 0.6 is 23.2 Å². The molecule has 0 saturated carbocycles. The summed E-state index contributed by atoms with van der Waals surface area (Å²) in [4.78, 5) is 25.2. The summed E-state index contributed by atoms with van der Waals surface area (Å²) in [6, 6.07) is 34.9. The molecule has 0 saturated heterocycles. The van der Waals surface area contributed by atoms with E-state index in [0.717, 1.165) is 12.1 Å². The van der Waals surface area contributed by atoms with Crippen LogP contribution < -0.4 is 25.2 Å². The van der Waals surface area contributed by atoms with Crippen molar-refractivity contribution in [2.24, 2.45) is 20.5 Å². The van der Waals surface area contributed by atoms with Gasteiger partial charge in [0.15, 0.2) is 5.75 Å². The SMILES string of the molecule is COc1ccc(NC(=O)c2cc3ccccc3c(N=Nc3cc(C)c(S(=O)(=O)O)cc3Cl)c2O)cc1.COc1ccc(NC(=O)c2cc3ccccc3c(N=Nc3cc(C)c(S(=O)(=O)[O-])cc3Cl)c2[O-])cc1.[Ba+2]. The van der Waals surface area contributed by atoms with E-state index in [2.05, 4.69) is 31.1 Å². The molecule has 8 aromatic rings. The molecule has 368 valence electrons. The Kier molecular flexibility index (Phi) is 18.1. The molecule has 0 aliphatic heterocycles. The summed E-state index contributed by atoms with van der Waals surface area (Å²) in [5, 5.41) is 48.0. The van der Waals surface area contributed by atoms with Gasteiger partial charge in [0, 0.05) is 27.7 Å². The van der Waals surface area contributed by atoms with E-state index in [1.165, 1.54) is 46.3 Å². The first kappa shape index (κ1) is 55.9. The number of hydrogen-bond acceptors (Lipinski definition) is 15. The second kappa shape index (κ2) is 23.6. The number of phenolic OH excluding ortho intramolecular Hbond substituents is 1. The molecule has 23 heteroatoms. The molecule has 18 nitrogen and oxygen atoms in total. The molecule has 0 spiro atoms. The molecular weight excluding hydrogens is 1150 g/mol. The molecule has 2 amide bonds. The van der Waals surface area contributed by atoms with Crippen LogP contribution in [0.15, 0.2) is 164 Å². The molecule has 0 atom stereocenters. The third kappa shape index (κ3) is 13.2. The second-order valence-corrected chi connectivity index (χ2v) is 19.1. The minimum atomic E-state index is -4.73.